The maximum atomic E-state index is 12.8. The molecule has 6 nitrogen and oxygen atoms in total. The molecule has 0 spiro atoms. The molecule has 102 valence electrons. The topological polar surface area (TPSA) is 77.8 Å². The van der Waals surface area contributed by atoms with E-state index in [0.29, 0.717) is 34.2 Å². The molecule has 0 bridgehead atoms. The van der Waals surface area contributed by atoms with E-state index in [1.54, 1.807) is 19.1 Å². The minimum atomic E-state index is -0.311. The molecule has 0 radical (unpaired) electrons. The molecule has 0 aliphatic rings. The van der Waals surface area contributed by atoms with Gasteiger partial charge in [0.2, 0.25) is 17.7 Å². The summed E-state index contributed by atoms with van der Waals surface area (Å²) in [6.45, 7) is 1.72. The number of benzene rings is 1. The molecule has 0 aliphatic heterocycles. The van der Waals surface area contributed by atoms with E-state index in [2.05, 4.69) is 20.4 Å². The highest BCUT2D eigenvalue weighted by molar-refractivity contribution is 7.98. The van der Waals surface area contributed by atoms with Gasteiger partial charge in [0.25, 0.3) is 5.22 Å². The minimum Gasteiger partial charge on any atom is -0.425 e. The van der Waals surface area contributed by atoms with E-state index in [9.17, 15) is 4.39 Å². The van der Waals surface area contributed by atoms with Gasteiger partial charge in [-0.2, -0.15) is 0 Å². The highest BCUT2D eigenvalue weighted by Gasteiger charge is 2.11. The van der Waals surface area contributed by atoms with Crippen LogP contribution in [0.4, 0.5) is 4.39 Å². The molecule has 0 amide bonds. The predicted molar refractivity (Wildman–Crippen MR) is 68.3 cm³/mol. The lowest BCUT2D eigenvalue weighted by Crippen LogP contribution is -1.80. The number of nitrogens with zero attached hydrogens (tertiary/aromatic N) is 4. The average Bonchev–Trinajstić information content (AvgIpc) is 3.06. The number of aromatic nitrogens is 4. The van der Waals surface area contributed by atoms with Gasteiger partial charge >= 0.3 is 0 Å². The highest BCUT2D eigenvalue weighted by atomic mass is 32.2. The second-order valence-corrected chi connectivity index (χ2v) is 4.81. The van der Waals surface area contributed by atoms with Crippen LogP contribution in [0.15, 0.2) is 38.3 Å². The largest absolute Gasteiger partial charge is 0.425 e. The van der Waals surface area contributed by atoms with E-state index < -0.39 is 0 Å². The Kier molecular flexibility index (Phi) is 3.46. The van der Waals surface area contributed by atoms with Crippen LogP contribution >= 0.6 is 11.8 Å². The van der Waals surface area contributed by atoms with E-state index in [0.717, 1.165) is 0 Å². The van der Waals surface area contributed by atoms with Crippen molar-refractivity contribution in [3.63, 3.8) is 0 Å². The van der Waals surface area contributed by atoms with Gasteiger partial charge in [-0.05, 0) is 24.3 Å². The van der Waals surface area contributed by atoms with Gasteiger partial charge in [-0.3, -0.25) is 0 Å². The summed E-state index contributed by atoms with van der Waals surface area (Å²) >= 11 is 1.29. The first-order valence-electron chi connectivity index (χ1n) is 5.72. The van der Waals surface area contributed by atoms with Crippen LogP contribution in [0.2, 0.25) is 0 Å². The summed E-state index contributed by atoms with van der Waals surface area (Å²) in [5, 5.41) is 15.8. The molecule has 0 unspecified atom stereocenters. The molecule has 0 N–H and O–H groups in total. The summed E-state index contributed by atoms with van der Waals surface area (Å²) in [6, 6.07) is 5.85. The standard InChI is InChI=1S/C12H9FN4O2S/c1-7-14-15-10(18-7)6-20-12-17-16-11(19-12)8-2-4-9(13)5-3-8/h2-5H,6H2,1H3. The molecule has 3 aromatic rings. The first-order valence-corrected chi connectivity index (χ1v) is 6.70. The predicted octanol–water partition coefficient (Wildman–Crippen LogP) is 2.86. The third-order valence-corrected chi connectivity index (χ3v) is 3.19. The summed E-state index contributed by atoms with van der Waals surface area (Å²) in [6.07, 6.45) is 0. The lowest BCUT2D eigenvalue weighted by Gasteiger charge is -1.93. The Hall–Kier alpha value is -2.22. The van der Waals surface area contributed by atoms with E-state index in [4.69, 9.17) is 8.83 Å². The van der Waals surface area contributed by atoms with Crippen LogP contribution in [0.3, 0.4) is 0 Å². The summed E-state index contributed by atoms with van der Waals surface area (Å²) in [5.41, 5.74) is 0.666. The van der Waals surface area contributed by atoms with Crippen LogP contribution in [-0.2, 0) is 5.75 Å². The second-order valence-electron chi connectivity index (χ2n) is 3.88. The summed E-state index contributed by atoms with van der Waals surface area (Å²) in [7, 11) is 0. The van der Waals surface area contributed by atoms with Crippen molar-refractivity contribution >= 4 is 11.8 Å². The summed E-state index contributed by atoms with van der Waals surface area (Å²) in [5.74, 6) is 1.49. The zero-order chi connectivity index (χ0) is 13.9. The van der Waals surface area contributed by atoms with Crippen LogP contribution in [0.1, 0.15) is 11.8 Å². The van der Waals surface area contributed by atoms with Crippen molar-refractivity contribution < 1.29 is 13.2 Å². The maximum absolute atomic E-state index is 12.8. The Morgan fingerprint density at radius 3 is 2.55 bits per heavy atom. The molecule has 0 fully saturated rings. The first kappa shape index (κ1) is 12.8. The molecule has 3 rings (SSSR count). The van der Waals surface area contributed by atoms with Gasteiger partial charge < -0.3 is 8.83 Å². The third kappa shape index (κ3) is 2.85. The SMILES string of the molecule is Cc1nnc(CSc2nnc(-c3ccc(F)cc3)o2)o1. The molecule has 0 saturated heterocycles. The van der Waals surface area contributed by atoms with Crippen molar-refractivity contribution in [1.82, 2.24) is 20.4 Å². The van der Waals surface area contributed by atoms with Gasteiger partial charge in [0.15, 0.2) is 0 Å². The van der Waals surface area contributed by atoms with Crippen molar-refractivity contribution in [2.75, 3.05) is 0 Å². The smallest absolute Gasteiger partial charge is 0.277 e. The van der Waals surface area contributed by atoms with Gasteiger partial charge in [0.1, 0.15) is 5.82 Å². The van der Waals surface area contributed by atoms with Crippen molar-refractivity contribution in [1.29, 1.82) is 0 Å². The highest BCUT2D eigenvalue weighted by Crippen LogP contribution is 2.25. The Bertz CT molecular complexity index is 710. The average molecular weight is 292 g/mol. The number of rotatable bonds is 4. The van der Waals surface area contributed by atoms with E-state index in [1.807, 2.05) is 0 Å². The summed E-state index contributed by atoms with van der Waals surface area (Å²) < 4.78 is 23.5. The zero-order valence-corrected chi connectivity index (χ0v) is 11.2. The number of hydrogen-bond acceptors (Lipinski definition) is 7. The molecular weight excluding hydrogens is 283 g/mol. The van der Waals surface area contributed by atoms with Crippen molar-refractivity contribution in [2.45, 2.75) is 17.9 Å². The number of thioether (sulfide) groups is 1. The van der Waals surface area contributed by atoms with Crippen LogP contribution < -0.4 is 0 Å². The molecule has 1 aromatic carbocycles. The molecule has 20 heavy (non-hydrogen) atoms. The van der Waals surface area contributed by atoms with Crippen molar-refractivity contribution in [3.8, 4) is 11.5 Å². The Labute approximate surface area is 117 Å². The van der Waals surface area contributed by atoms with Gasteiger partial charge in [-0.15, -0.1) is 20.4 Å². The normalized spacial score (nSPS) is 10.9. The summed E-state index contributed by atoms with van der Waals surface area (Å²) in [4.78, 5) is 0. The van der Waals surface area contributed by atoms with E-state index >= 15 is 0 Å². The molecule has 0 aliphatic carbocycles. The number of aryl methyl sites for hydroxylation is 1. The molecule has 0 atom stereocenters. The molecule has 8 heteroatoms. The Morgan fingerprint density at radius 1 is 1.05 bits per heavy atom. The quantitative estimate of drug-likeness (QED) is 0.684. The van der Waals surface area contributed by atoms with Crippen molar-refractivity contribution in [3.05, 3.63) is 41.9 Å². The van der Waals surface area contributed by atoms with Gasteiger partial charge in [-0.1, -0.05) is 11.8 Å². The first-order chi connectivity index (χ1) is 9.70. The number of halogens is 1. The van der Waals surface area contributed by atoms with Crippen LogP contribution in [0.25, 0.3) is 11.5 Å². The Balaban J connectivity index is 1.69. The fraction of sp³-hybridized carbons (Fsp3) is 0.167. The van der Waals surface area contributed by atoms with Gasteiger partial charge in [0.05, 0.1) is 5.75 Å². The van der Waals surface area contributed by atoms with Crippen molar-refractivity contribution in [2.24, 2.45) is 0 Å². The lowest BCUT2D eigenvalue weighted by atomic mass is 10.2. The molecular formula is C12H9FN4O2S. The Morgan fingerprint density at radius 2 is 1.85 bits per heavy atom. The molecule has 0 saturated carbocycles. The number of hydrogen-bond donors (Lipinski definition) is 0. The van der Waals surface area contributed by atoms with E-state index in [-0.39, 0.29) is 5.82 Å². The van der Waals surface area contributed by atoms with E-state index in [1.165, 1.54) is 23.9 Å². The van der Waals surface area contributed by atoms with Gasteiger partial charge in [-0.25, -0.2) is 4.39 Å². The van der Waals surface area contributed by atoms with Crippen LogP contribution in [0, 0.1) is 12.7 Å². The van der Waals surface area contributed by atoms with Gasteiger partial charge in [0, 0.05) is 12.5 Å². The van der Waals surface area contributed by atoms with Crippen LogP contribution in [-0.4, -0.2) is 20.4 Å². The lowest BCUT2D eigenvalue weighted by molar-refractivity contribution is 0.461. The molecule has 2 aromatic heterocycles. The minimum absolute atomic E-state index is 0.311. The van der Waals surface area contributed by atoms with Crippen LogP contribution in [0.5, 0.6) is 0 Å². The third-order valence-electron chi connectivity index (χ3n) is 2.38. The maximum Gasteiger partial charge on any atom is 0.277 e. The molecule has 2 heterocycles. The second kappa shape index (κ2) is 5.41. The monoisotopic (exact) mass is 292 g/mol. The fourth-order valence-electron chi connectivity index (χ4n) is 1.50. The zero-order valence-electron chi connectivity index (χ0n) is 10.4. The fourth-order valence-corrected chi connectivity index (χ4v) is 2.10.